The molecule has 0 saturated heterocycles. The van der Waals surface area contributed by atoms with E-state index in [1.165, 1.54) is 42.7 Å². The van der Waals surface area contributed by atoms with Crippen molar-refractivity contribution in [3.8, 4) is 5.75 Å². The molecule has 9 heteroatoms. The van der Waals surface area contributed by atoms with Gasteiger partial charge in [0.05, 0.1) is 24.9 Å². The maximum atomic E-state index is 12.9. The molecule has 6 nitrogen and oxygen atoms in total. The molecule has 0 saturated carbocycles. The summed E-state index contributed by atoms with van der Waals surface area (Å²) in [5.74, 6) is -0.644. The largest absolute Gasteiger partial charge is 0.495 e. The van der Waals surface area contributed by atoms with E-state index in [9.17, 15) is 14.0 Å². The third-order valence-electron chi connectivity index (χ3n) is 3.66. The van der Waals surface area contributed by atoms with Gasteiger partial charge in [0.25, 0.3) is 5.91 Å². The number of rotatable bonds is 6. The zero-order valence-corrected chi connectivity index (χ0v) is 16.2. The van der Waals surface area contributed by atoms with Crippen LogP contribution in [0, 0.1) is 5.82 Å². The van der Waals surface area contributed by atoms with Crippen molar-refractivity contribution in [1.82, 2.24) is 4.98 Å². The predicted octanol–water partition coefficient (Wildman–Crippen LogP) is 4.38. The third kappa shape index (κ3) is 5.05. The van der Waals surface area contributed by atoms with E-state index >= 15 is 0 Å². The van der Waals surface area contributed by atoms with Crippen LogP contribution in [0.2, 0.25) is 5.02 Å². The van der Waals surface area contributed by atoms with Crippen molar-refractivity contribution in [2.24, 2.45) is 0 Å². The lowest BCUT2D eigenvalue weighted by molar-refractivity contribution is -0.115. The van der Waals surface area contributed by atoms with Crippen molar-refractivity contribution >= 4 is 45.6 Å². The van der Waals surface area contributed by atoms with Crippen molar-refractivity contribution in [2.45, 2.75) is 6.42 Å². The Hall–Kier alpha value is -2.97. The molecule has 144 valence electrons. The number of hydrogen-bond acceptors (Lipinski definition) is 5. The van der Waals surface area contributed by atoms with Gasteiger partial charge in [-0.3, -0.25) is 14.9 Å². The van der Waals surface area contributed by atoms with E-state index in [1.807, 2.05) is 0 Å². The van der Waals surface area contributed by atoms with Crippen LogP contribution in [0.3, 0.4) is 0 Å². The quantitative estimate of drug-likeness (QED) is 0.621. The second kappa shape index (κ2) is 8.81. The van der Waals surface area contributed by atoms with Gasteiger partial charge >= 0.3 is 0 Å². The summed E-state index contributed by atoms with van der Waals surface area (Å²) in [4.78, 5) is 28.6. The molecule has 2 N–H and O–H groups in total. The van der Waals surface area contributed by atoms with Crippen molar-refractivity contribution in [2.75, 3.05) is 17.7 Å². The lowest BCUT2D eigenvalue weighted by atomic mass is 10.2. The molecule has 28 heavy (non-hydrogen) atoms. The fourth-order valence-corrected chi connectivity index (χ4v) is 3.23. The Morgan fingerprint density at radius 1 is 1.18 bits per heavy atom. The Morgan fingerprint density at radius 3 is 2.64 bits per heavy atom. The van der Waals surface area contributed by atoms with Gasteiger partial charge in [0.15, 0.2) is 5.13 Å². The number of anilines is 2. The van der Waals surface area contributed by atoms with Crippen LogP contribution in [0.25, 0.3) is 0 Å². The maximum absolute atomic E-state index is 12.9. The molecule has 0 radical (unpaired) electrons. The van der Waals surface area contributed by atoms with Gasteiger partial charge in [0, 0.05) is 16.0 Å². The molecule has 3 aromatic rings. The number of nitrogens with one attached hydrogen (secondary N) is 2. The smallest absolute Gasteiger partial charge is 0.257 e. The minimum atomic E-state index is -0.421. The van der Waals surface area contributed by atoms with Crippen molar-refractivity contribution in [3.63, 3.8) is 0 Å². The van der Waals surface area contributed by atoms with Crippen LogP contribution in [-0.4, -0.2) is 23.9 Å². The number of benzene rings is 2. The van der Waals surface area contributed by atoms with Gasteiger partial charge in [-0.1, -0.05) is 11.6 Å². The van der Waals surface area contributed by atoms with Crippen LogP contribution in [0.15, 0.2) is 47.8 Å². The van der Waals surface area contributed by atoms with E-state index in [4.69, 9.17) is 16.3 Å². The third-order valence-corrected chi connectivity index (χ3v) is 4.70. The number of carbonyl (C=O) groups excluding carboxylic acids is 2. The molecule has 0 fully saturated rings. The molecule has 0 unspecified atom stereocenters. The summed E-state index contributed by atoms with van der Waals surface area (Å²) < 4.78 is 18.1. The molecule has 2 aromatic carbocycles. The number of thiazole rings is 1. The highest BCUT2D eigenvalue weighted by Crippen LogP contribution is 2.28. The minimum absolute atomic E-state index is 0.0125. The zero-order valence-electron chi connectivity index (χ0n) is 14.7. The number of aromatic nitrogens is 1. The Morgan fingerprint density at radius 2 is 1.93 bits per heavy atom. The number of amides is 2. The van der Waals surface area contributed by atoms with Gasteiger partial charge < -0.3 is 10.1 Å². The zero-order chi connectivity index (χ0) is 20.1. The van der Waals surface area contributed by atoms with Gasteiger partial charge in [-0.05, 0) is 42.5 Å². The first-order valence-corrected chi connectivity index (χ1v) is 9.35. The topological polar surface area (TPSA) is 80.3 Å². The highest BCUT2D eigenvalue weighted by Gasteiger charge is 2.13. The minimum Gasteiger partial charge on any atom is -0.495 e. The van der Waals surface area contributed by atoms with Crippen LogP contribution < -0.4 is 15.4 Å². The normalized spacial score (nSPS) is 10.4. The standard InChI is InChI=1S/C19H15ClFN3O3S/c1-27-16-7-4-12(20)8-15(16)23-17(25)9-14-10-28-19(22-14)24-18(26)11-2-5-13(21)6-3-11/h2-8,10H,9H2,1H3,(H,23,25)(H,22,24,26). The van der Waals surface area contributed by atoms with E-state index in [0.717, 1.165) is 0 Å². The monoisotopic (exact) mass is 419 g/mol. The molecular formula is C19H15ClFN3O3S. The van der Waals surface area contributed by atoms with Crippen molar-refractivity contribution in [3.05, 3.63) is 69.9 Å². The summed E-state index contributed by atoms with van der Waals surface area (Å²) in [6.45, 7) is 0. The summed E-state index contributed by atoms with van der Waals surface area (Å²) in [6.07, 6.45) is 0.0125. The van der Waals surface area contributed by atoms with Gasteiger partial charge in [-0.25, -0.2) is 9.37 Å². The molecule has 0 bridgehead atoms. The van der Waals surface area contributed by atoms with Crippen LogP contribution in [0.5, 0.6) is 5.75 Å². The average molecular weight is 420 g/mol. The highest BCUT2D eigenvalue weighted by atomic mass is 35.5. The number of nitrogens with zero attached hydrogens (tertiary/aromatic N) is 1. The van der Waals surface area contributed by atoms with Gasteiger partial charge in [-0.2, -0.15) is 0 Å². The number of methoxy groups -OCH3 is 1. The predicted molar refractivity (Wildman–Crippen MR) is 107 cm³/mol. The summed E-state index contributed by atoms with van der Waals surface area (Å²) in [6, 6.07) is 10.1. The van der Waals surface area contributed by atoms with Gasteiger partial charge in [0.1, 0.15) is 11.6 Å². The first kappa shape index (κ1) is 19.8. The van der Waals surface area contributed by atoms with E-state index in [-0.39, 0.29) is 12.3 Å². The molecule has 1 heterocycles. The Labute approximate surface area is 169 Å². The fourth-order valence-electron chi connectivity index (χ4n) is 2.35. The molecule has 1 aromatic heterocycles. The SMILES string of the molecule is COc1ccc(Cl)cc1NC(=O)Cc1csc(NC(=O)c2ccc(F)cc2)n1. The molecule has 0 atom stereocenters. The van der Waals surface area contributed by atoms with Crippen LogP contribution >= 0.6 is 22.9 Å². The molecular weight excluding hydrogens is 405 g/mol. The second-order valence-electron chi connectivity index (χ2n) is 5.67. The fraction of sp³-hybridized carbons (Fsp3) is 0.105. The first-order valence-electron chi connectivity index (χ1n) is 8.09. The molecule has 0 spiro atoms. The van der Waals surface area contributed by atoms with Crippen molar-refractivity contribution < 1.29 is 18.7 Å². The van der Waals surface area contributed by atoms with Crippen molar-refractivity contribution in [1.29, 1.82) is 0 Å². The average Bonchev–Trinajstić information content (AvgIpc) is 3.09. The van der Waals surface area contributed by atoms with Gasteiger partial charge in [-0.15, -0.1) is 11.3 Å². The number of hydrogen-bond donors (Lipinski definition) is 2. The Bertz CT molecular complexity index is 1010. The Kier molecular flexibility index (Phi) is 6.23. The molecule has 0 aliphatic rings. The van der Waals surface area contributed by atoms with E-state index in [1.54, 1.807) is 23.6 Å². The van der Waals surface area contributed by atoms with Crippen LogP contribution in [0.1, 0.15) is 16.1 Å². The number of ether oxygens (including phenoxy) is 1. The van der Waals surface area contributed by atoms with Crippen LogP contribution in [0.4, 0.5) is 15.2 Å². The van der Waals surface area contributed by atoms with E-state index < -0.39 is 11.7 Å². The van der Waals surface area contributed by atoms with E-state index in [2.05, 4.69) is 15.6 Å². The highest BCUT2D eigenvalue weighted by molar-refractivity contribution is 7.14. The lowest BCUT2D eigenvalue weighted by Crippen LogP contribution is -2.15. The lowest BCUT2D eigenvalue weighted by Gasteiger charge is -2.10. The van der Waals surface area contributed by atoms with Gasteiger partial charge in [0.2, 0.25) is 5.91 Å². The molecule has 3 rings (SSSR count). The Balaban J connectivity index is 1.61. The maximum Gasteiger partial charge on any atom is 0.257 e. The summed E-state index contributed by atoms with van der Waals surface area (Å²) >= 11 is 7.14. The molecule has 2 amide bonds. The van der Waals surface area contributed by atoms with Crippen LogP contribution in [-0.2, 0) is 11.2 Å². The van der Waals surface area contributed by atoms with E-state index in [0.29, 0.717) is 32.8 Å². The summed E-state index contributed by atoms with van der Waals surface area (Å²) in [7, 11) is 1.50. The molecule has 0 aliphatic heterocycles. The number of halogens is 2. The number of carbonyl (C=O) groups is 2. The summed E-state index contributed by atoms with van der Waals surface area (Å²) in [5, 5.41) is 7.84. The first-order chi connectivity index (χ1) is 13.4. The summed E-state index contributed by atoms with van der Waals surface area (Å²) in [5.41, 5.74) is 1.27. The second-order valence-corrected chi connectivity index (χ2v) is 6.97. The molecule has 0 aliphatic carbocycles.